The van der Waals surface area contributed by atoms with Gasteiger partial charge in [-0.2, -0.15) is 0 Å². The molecule has 18 heavy (non-hydrogen) atoms. The lowest BCUT2D eigenvalue weighted by Gasteiger charge is -2.23. The molecular formula is C14H18Cl2N2. The molecule has 2 rings (SSSR count). The second-order valence-electron chi connectivity index (χ2n) is 4.86. The van der Waals surface area contributed by atoms with Gasteiger partial charge in [-0.05, 0) is 24.5 Å². The zero-order valence-electron chi connectivity index (χ0n) is 11.0. The Kier molecular flexibility index (Phi) is 4.18. The van der Waals surface area contributed by atoms with E-state index in [1.807, 2.05) is 12.1 Å². The first-order valence-corrected chi connectivity index (χ1v) is 7.22. The van der Waals surface area contributed by atoms with Gasteiger partial charge in [-0.15, -0.1) is 11.6 Å². The van der Waals surface area contributed by atoms with Crippen LogP contribution < -0.4 is 0 Å². The maximum atomic E-state index is 6.21. The maximum Gasteiger partial charge on any atom is 0.125 e. The summed E-state index contributed by atoms with van der Waals surface area (Å²) in [5.41, 5.74) is 1.94. The molecule has 2 nitrogen and oxygen atoms in total. The van der Waals surface area contributed by atoms with Gasteiger partial charge >= 0.3 is 0 Å². The molecule has 0 saturated heterocycles. The van der Waals surface area contributed by atoms with E-state index in [1.165, 1.54) is 0 Å². The van der Waals surface area contributed by atoms with Crippen molar-refractivity contribution in [2.75, 3.05) is 0 Å². The van der Waals surface area contributed by atoms with Crippen molar-refractivity contribution >= 4 is 34.2 Å². The molecule has 0 amide bonds. The smallest absolute Gasteiger partial charge is 0.125 e. The first-order valence-electron chi connectivity index (χ1n) is 6.31. The van der Waals surface area contributed by atoms with E-state index >= 15 is 0 Å². The molecule has 0 bridgehead atoms. The van der Waals surface area contributed by atoms with Crippen molar-refractivity contribution < 1.29 is 0 Å². The van der Waals surface area contributed by atoms with Gasteiger partial charge in [-0.1, -0.05) is 38.4 Å². The second kappa shape index (κ2) is 5.50. The van der Waals surface area contributed by atoms with E-state index in [0.717, 1.165) is 23.3 Å². The summed E-state index contributed by atoms with van der Waals surface area (Å²) < 4.78 is 2.25. The zero-order chi connectivity index (χ0) is 13.3. The number of imidazole rings is 1. The van der Waals surface area contributed by atoms with Crippen LogP contribution in [0.1, 0.15) is 39.1 Å². The third-order valence-corrected chi connectivity index (χ3v) is 3.93. The molecular weight excluding hydrogens is 267 g/mol. The number of fused-ring (bicyclic) bond motifs is 1. The molecule has 0 N–H and O–H groups in total. The summed E-state index contributed by atoms with van der Waals surface area (Å²) in [6, 6.07) is 6.31. The number of hydrogen-bond donors (Lipinski definition) is 0. The Morgan fingerprint density at radius 1 is 1.33 bits per heavy atom. The Labute approximate surface area is 118 Å². The van der Waals surface area contributed by atoms with Crippen molar-refractivity contribution in [3.05, 3.63) is 29.0 Å². The summed E-state index contributed by atoms with van der Waals surface area (Å²) in [5, 5.41) is 0.691. The molecule has 0 aliphatic rings. The van der Waals surface area contributed by atoms with Crippen molar-refractivity contribution in [3.63, 3.8) is 0 Å². The van der Waals surface area contributed by atoms with E-state index in [0.29, 0.717) is 22.9 Å². The normalized spacial score (nSPS) is 13.4. The van der Waals surface area contributed by atoms with Crippen LogP contribution in [-0.2, 0) is 5.88 Å². The minimum Gasteiger partial charge on any atom is -0.324 e. The highest BCUT2D eigenvalue weighted by molar-refractivity contribution is 6.35. The van der Waals surface area contributed by atoms with Gasteiger partial charge in [0.05, 0.1) is 16.4 Å². The summed E-state index contributed by atoms with van der Waals surface area (Å²) in [6.07, 6.45) is 1.06. The van der Waals surface area contributed by atoms with Crippen molar-refractivity contribution in [3.8, 4) is 0 Å². The SMILES string of the molecule is CCC(C(C)C)n1c(CCl)nc2c(Cl)cccc21. The average Bonchev–Trinajstić information content (AvgIpc) is 2.70. The quantitative estimate of drug-likeness (QED) is 0.720. The summed E-state index contributed by atoms with van der Waals surface area (Å²) in [7, 11) is 0. The van der Waals surface area contributed by atoms with Crippen LogP contribution in [0.5, 0.6) is 0 Å². The van der Waals surface area contributed by atoms with Crippen LogP contribution >= 0.6 is 23.2 Å². The van der Waals surface area contributed by atoms with Crippen molar-refractivity contribution in [1.82, 2.24) is 9.55 Å². The third-order valence-electron chi connectivity index (χ3n) is 3.38. The van der Waals surface area contributed by atoms with Gasteiger partial charge in [0.2, 0.25) is 0 Å². The number of aromatic nitrogens is 2. The summed E-state index contributed by atoms with van der Waals surface area (Å²) >= 11 is 12.2. The van der Waals surface area contributed by atoms with E-state index < -0.39 is 0 Å². The Morgan fingerprint density at radius 2 is 2.06 bits per heavy atom. The Hall–Kier alpha value is -0.730. The fourth-order valence-corrected chi connectivity index (χ4v) is 2.95. The van der Waals surface area contributed by atoms with E-state index in [2.05, 4.69) is 36.4 Å². The number of benzene rings is 1. The number of hydrogen-bond acceptors (Lipinski definition) is 1. The molecule has 0 fully saturated rings. The summed E-state index contributed by atoms with van der Waals surface area (Å²) in [4.78, 5) is 4.58. The van der Waals surface area contributed by atoms with Gasteiger partial charge in [0.25, 0.3) is 0 Å². The standard InChI is InChI=1S/C14H18Cl2N2/c1-4-11(9(2)3)18-12-7-5-6-10(16)14(12)17-13(18)8-15/h5-7,9,11H,4,8H2,1-3H3. The first-order chi connectivity index (χ1) is 8.60. The predicted molar refractivity (Wildman–Crippen MR) is 78.5 cm³/mol. The molecule has 0 spiro atoms. The molecule has 1 aromatic heterocycles. The number of para-hydroxylation sites is 1. The molecule has 1 heterocycles. The van der Waals surface area contributed by atoms with E-state index in [-0.39, 0.29) is 0 Å². The molecule has 0 radical (unpaired) electrons. The highest BCUT2D eigenvalue weighted by Gasteiger charge is 2.20. The fraction of sp³-hybridized carbons (Fsp3) is 0.500. The van der Waals surface area contributed by atoms with Crippen molar-refractivity contribution in [1.29, 1.82) is 0 Å². The number of rotatable bonds is 4. The van der Waals surface area contributed by atoms with Crippen LogP contribution in [0.4, 0.5) is 0 Å². The highest BCUT2D eigenvalue weighted by atomic mass is 35.5. The lowest BCUT2D eigenvalue weighted by molar-refractivity contribution is 0.367. The average molecular weight is 285 g/mol. The predicted octanol–water partition coefficient (Wildman–Crippen LogP) is 5.04. The zero-order valence-corrected chi connectivity index (χ0v) is 12.5. The Bertz CT molecular complexity index is 546. The molecule has 1 unspecified atom stereocenters. The summed E-state index contributed by atoms with van der Waals surface area (Å²) in [6.45, 7) is 6.64. The largest absolute Gasteiger partial charge is 0.324 e. The highest BCUT2D eigenvalue weighted by Crippen LogP contribution is 2.31. The lowest BCUT2D eigenvalue weighted by Crippen LogP contribution is -2.16. The second-order valence-corrected chi connectivity index (χ2v) is 5.53. The van der Waals surface area contributed by atoms with Crippen LogP contribution in [0.2, 0.25) is 5.02 Å². The molecule has 0 aliphatic heterocycles. The number of nitrogens with zero attached hydrogens (tertiary/aromatic N) is 2. The third kappa shape index (κ3) is 2.24. The van der Waals surface area contributed by atoms with Gasteiger partial charge in [0.1, 0.15) is 11.3 Å². The van der Waals surface area contributed by atoms with Crippen molar-refractivity contribution in [2.45, 2.75) is 39.1 Å². The topological polar surface area (TPSA) is 17.8 Å². The number of halogens is 2. The van der Waals surface area contributed by atoms with Crippen LogP contribution in [-0.4, -0.2) is 9.55 Å². The van der Waals surface area contributed by atoms with Gasteiger partial charge in [0, 0.05) is 6.04 Å². The van der Waals surface area contributed by atoms with E-state index in [9.17, 15) is 0 Å². The molecule has 4 heteroatoms. The van der Waals surface area contributed by atoms with Crippen LogP contribution in [0.15, 0.2) is 18.2 Å². The molecule has 98 valence electrons. The van der Waals surface area contributed by atoms with Gasteiger partial charge < -0.3 is 4.57 Å². The summed E-state index contributed by atoms with van der Waals surface area (Å²) in [5.74, 6) is 1.85. The van der Waals surface area contributed by atoms with Gasteiger partial charge in [0.15, 0.2) is 0 Å². The Balaban J connectivity index is 2.70. The fourth-order valence-electron chi connectivity index (χ4n) is 2.55. The first kappa shape index (κ1) is 13.7. The minimum atomic E-state index is 0.405. The monoisotopic (exact) mass is 284 g/mol. The molecule has 0 saturated carbocycles. The van der Waals surface area contributed by atoms with Crippen LogP contribution in [0.3, 0.4) is 0 Å². The molecule has 0 aliphatic carbocycles. The lowest BCUT2D eigenvalue weighted by atomic mass is 10.0. The Morgan fingerprint density at radius 3 is 2.61 bits per heavy atom. The minimum absolute atomic E-state index is 0.405. The maximum absolute atomic E-state index is 6.21. The van der Waals surface area contributed by atoms with Gasteiger partial charge in [-0.3, -0.25) is 0 Å². The van der Waals surface area contributed by atoms with Crippen molar-refractivity contribution in [2.24, 2.45) is 5.92 Å². The molecule has 1 aromatic carbocycles. The number of alkyl halides is 1. The van der Waals surface area contributed by atoms with Crippen LogP contribution in [0.25, 0.3) is 11.0 Å². The molecule has 2 aromatic rings. The van der Waals surface area contributed by atoms with Crippen LogP contribution in [0, 0.1) is 5.92 Å². The van der Waals surface area contributed by atoms with E-state index in [4.69, 9.17) is 23.2 Å². The van der Waals surface area contributed by atoms with Gasteiger partial charge in [-0.25, -0.2) is 4.98 Å². The molecule has 1 atom stereocenters. The van der Waals surface area contributed by atoms with E-state index in [1.54, 1.807) is 0 Å².